The third-order valence-corrected chi connectivity index (χ3v) is 4.10. The first kappa shape index (κ1) is 17.2. The summed E-state index contributed by atoms with van der Waals surface area (Å²) >= 11 is 0. The van der Waals surface area contributed by atoms with E-state index in [-0.39, 0.29) is 5.91 Å². The number of anilines is 1. The molecule has 0 saturated carbocycles. The summed E-state index contributed by atoms with van der Waals surface area (Å²) in [6, 6.07) is 16.1. The van der Waals surface area contributed by atoms with E-state index in [9.17, 15) is 4.79 Å². The second kappa shape index (κ2) is 7.42. The third kappa shape index (κ3) is 4.42. The predicted molar refractivity (Wildman–Crippen MR) is 96.7 cm³/mol. The van der Waals surface area contributed by atoms with Crippen LogP contribution >= 0.6 is 0 Å². The van der Waals surface area contributed by atoms with Crippen molar-refractivity contribution in [2.24, 2.45) is 0 Å². The summed E-state index contributed by atoms with van der Waals surface area (Å²) in [5.74, 6) is 0.00181. The van der Waals surface area contributed by atoms with Gasteiger partial charge in [-0.15, -0.1) is 0 Å². The molecule has 0 aromatic heterocycles. The van der Waals surface area contributed by atoms with Crippen LogP contribution in [0.5, 0.6) is 0 Å². The molecular weight excluding hydrogens is 284 g/mol. The Morgan fingerprint density at radius 2 is 1.78 bits per heavy atom. The molecule has 3 nitrogen and oxygen atoms in total. The Hall–Kier alpha value is -2.13. The van der Waals surface area contributed by atoms with Gasteiger partial charge < -0.3 is 10.6 Å². The molecule has 0 heterocycles. The van der Waals surface area contributed by atoms with Gasteiger partial charge in [-0.2, -0.15) is 0 Å². The van der Waals surface area contributed by atoms with E-state index >= 15 is 0 Å². The minimum absolute atomic E-state index is 0.00181. The topological polar surface area (TPSA) is 41.1 Å². The molecule has 2 aromatic carbocycles. The standard InChI is InChI=1S/C20H26N2O/c1-5-21-14-16-7-6-8-18(13-16)22-19(23)20(3,4)17-11-9-15(2)10-12-17/h6-13,21H,5,14H2,1-4H3,(H,22,23). The molecule has 0 aliphatic carbocycles. The van der Waals surface area contributed by atoms with Crippen LogP contribution in [-0.4, -0.2) is 12.5 Å². The molecule has 0 unspecified atom stereocenters. The van der Waals surface area contributed by atoms with Crippen LogP contribution in [0.15, 0.2) is 48.5 Å². The first-order chi connectivity index (χ1) is 10.9. The third-order valence-electron chi connectivity index (χ3n) is 4.10. The summed E-state index contributed by atoms with van der Waals surface area (Å²) in [6.07, 6.45) is 0. The van der Waals surface area contributed by atoms with Crippen LogP contribution in [0.1, 0.15) is 37.5 Å². The van der Waals surface area contributed by atoms with Gasteiger partial charge >= 0.3 is 0 Å². The van der Waals surface area contributed by atoms with Gasteiger partial charge in [-0.1, -0.05) is 48.9 Å². The van der Waals surface area contributed by atoms with E-state index in [0.717, 1.165) is 29.9 Å². The Morgan fingerprint density at radius 3 is 2.43 bits per heavy atom. The van der Waals surface area contributed by atoms with E-state index in [1.165, 1.54) is 5.56 Å². The van der Waals surface area contributed by atoms with Crippen LogP contribution in [0, 0.1) is 6.92 Å². The maximum Gasteiger partial charge on any atom is 0.234 e. The van der Waals surface area contributed by atoms with Crippen molar-refractivity contribution in [3.05, 3.63) is 65.2 Å². The Bertz CT molecular complexity index is 660. The van der Waals surface area contributed by atoms with Gasteiger partial charge in [-0.25, -0.2) is 0 Å². The molecule has 2 aromatic rings. The Balaban J connectivity index is 2.12. The minimum Gasteiger partial charge on any atom is -0.325 e. The molecule has 23 heavy (non-hydrogen) atoms. The lowest BCUT2D eigenvalue weighted by atomic mass is 9.83. The molecule has 0 saturated heterocycles. The molecule has 3 heteroatoms. The summed E-state index contributed by atoms with van der Waals surface area (Å²) in [6.45, 7) is 9.77. The van der Waals surface area contributed by atoms with E-state index in [1.54, 1.807) is 0 Å². The highest BCUT2D eigenvalue weighted by Gasteiger charge is 2.29. The van der Waals surface area contributed by atoms with Crippen molar-refractivity contribution in [1.82, 2.24) is 5.32 Å². The van der Waals surface area contributed by atoms with Crippen LogP contribution in [0.4, 0.5) is 5.69 Å². The van der Waals surface area contributed by atoms with Gasteiger partial charge in [-0.3, -0.25) is 4.79 Å². The summed E-state index contributed by atoms with van der Waals surface area (Å²) in [5, 5.41) is 6.34. The van der Waals surface area contributed by atoms with Gasteiger partial charge in [0.2, 0.25) is 5.91 Å². The number of carbonyl (C=O) groups excluding carboxylic acids is 1. The average Bonchev–Trinajstić information content (AvgIpc) is 2.53. The Morgan fingerprint density at radius 1 is 1.09 bits per heavy atom. The maximum atomic E-state index is 12.7. The van der Waals surface area contributed by atoms with Crippen molar-refractivity contribution in [2.45, 2.75) is 39.7 Å². The zero-order chi connectivity index (χ0) is 16.9. The van der Waals surface area contributed by atoms with Gasteiger partial charge in [-0.05, 0) is 50.6 Å². The summed E-state index contributed by atoms with van der Waals surface area (Å²) in [7, 11) is 0. The van der Waals surface area contributed by atoms with E-state index in [0.29, 0.717) is 0 Å². The van der Waals surface area contributed by atoms with Crippen LogP contribution in [0.2, 0.25) is 0 Å². The quantitative estimate of drug-likeness (QED) is 0.846. The molecule has 0 atom stereocenters. The van der Waals surface area contributed by atoms with Crippen molar-refractivity contribution in [1.29, 1.82) is 0 Å². The van der Waals surface area contributed by atoms with Crippen molar-refractivity contribution < 1.29 is 4.79 Å². The van der Waals surface area contributed by atoms with Crippen molar-refractivity contribution in [3.63, 3.8) is 0 Å². The SMILES string of the molecule is CCNCc1cccc(NC(=O)C(C)(C)c2ccc(C)cc2)c1. The van der Waals surface area contributed by atoms with Gasteiger partial charge in [0, 0.05) is 12.2 Å². The van der Waals surface area contributed by atoms with Crippen molar-refractivity contribution in [3.8, 4) is 0 Å². The molecule has 0 spiro atoms. The lowest BCUT2D eigenvalue weighted by Crippen LogP contribution is -2.34. The second-order valence-corrected chi connectivity index (χ2v) is 6.43. The predicted octanol–water partition coefficient (Wildman–Crippen LogP) is 4.02. The molecule has 0 fully saturated rings. The van der Waals surface area contributed by atoms with E-state index in [2.05, 4.69) is 23.6 Å². The van der Waals surface area contributed by atoms with Crippen LogP contribution in [0.3, 0.4) is 0 Å². The maximum absolute atomic E-state index is 12.7. The van der Waals surface area contributed by atoms with Crippen LogP contribution in [-0.2, 0) is 16.8 Å². The number of carbonyl (C=O) groups is 1. The largest absolute Gasteiger partial charge is 0.325 e. The highest BCUT2D eigenvalue weighted by atomic mass is 16.2. The molecule has 2 rings (SSSR count). The van der Waals surface area contributed by atoms with Crippen LogP contribution < -0.4 is 10.6 Å². The van der Waals surface area contributed by atoms with E-state index in [1.807, 2.05) is 63.2 Å². The number of hydrogen-bond acceptors (Lipinski definition) is 2. The second-order valence-electron chi connectivity index (χ2n) is 6.43. The van der Waals surface area contributed by atoms with E-state index < -0.39 is 5.41 Å². The fourth-order valence-electron chi connectivity index (χ4n) is 2.42. The highest BCUT2D eigenvalue weighted by molar-refractivity contribution is 5.98. The fourth-order valence-corrected chi connectivity index (χ4v) is 2.42. The summed E-state index contributed by atoms with van der Waals surface area (Å²) < 4.78 is 0. The summed E-state index contributed by atoms with van der Waals surface area (Å²) in [4.78, 5) is 12.7. The lowest BCUT2D eigenvalue weighted by Gasteiger charge is -2.24. The van der Waals surface area contributed by atoms with Crippen molar-refractivity contribution in [2.75, 3.05) is 11.9 Å². The molecule has 1 amide bonds. The fraction of sp³-hybridized carbons (Fsp3) is 0.350. The number of rotatable bonds is 6. The highest BCUT2D eigenvalue weighted by Crippen LogP contribution is 2.25. The molecule has 0 bridgehead atoms. The van der Waals surface area contributed by atoms with E-state index in [4.69, 9.17) is 0 Å². The molecule has 0 aliphatic rings. The van der Waals surface area contributed by atoms with Crippen LogP contribution in [0.25, 0.3) is 0 Å². The smallest absolute Gasteiger partial charge is 0.234 e. The van der Waals surface area contributed by atoms with Gasteiger partial charge in [0.25, 0.3) is 0 Å². The average molecular weight is 310 g/mol. The number of nitrogens with one attached hydrogen (secondary N) is 2. The van der Waals surface area contributed by atoms with Gasteiger partial charge in [0.15, 0.2) is 0 Å². The minimum atomic E-state index is -0.578. The van der Waals surface area contributed by atoms with Crippen molar-refractivity contribution >= 4 is 11.6 Å². The first-order valence-corrected chi connectivity index (χ1v) is 8.11. The molecular formula is C20H26N2O. The normalized spacial score (nSPS) is 11.3. The zero-order valence-electron chi connectivity index (χ0n) is 14.4. The molecule has 0 radical (unpaired) electrons. The Kier molecular flexibility index (Phi) is 5.56. The van der Waals surface area contributed by atoms with Gasteiger partial charge in [0.05, 0.1) is 5.41 Å². The number of benzene rings is 2. The number of amides is 1. The first-order valence-electron chi connectivity index (χ1n) is 8.11. The number of hydrogen-bond donors (Lipinski definition) is 2. The lowest BCUT2D eigenvalue weighted by molar-refractivity contribution is -0.120. The number of aryl methyl sites for hydroxylation is 1. The monoisotopic (exact) mass is 310 g/mol. The molecule has 122 valence electrons. The zero-order valence-corrected chi connectivity index (χ0v) is 14.4. The molecule has 2 N–H and O–H groups in total. The van der Waals surface area contributed by atoms with Gasteiger partial charge in [0.1, 0.15) is 0 Å². The molecule has 0 aliphatic heterocycles. The summed E-state index contributed by atoms with van der Waals surface area (Å²) in [5.41, 5.74) is 3.64. The Labute approximate surface area is 139 Å².